The Hall–Kier alpha value is -10.6. The fourth-order valence-electron chi connectivity index (χ4n) is 9.07. The van der Waals surface area contributed by atoms with Crippen molar-refractivity contribution in [2.24, 2.45) is 11.8 Å². The van der Waals surface area contributed by atoms with Crippen molar-refractivity contribution < 1.29 is 143 Å². The minimum absolute atomic E-state index is 0. The van der Waals surface area contributed by atoms with Gasteiger partial charge in [-0.05, 0) is 61.6 Å². The number of Topliss-reactive ketones (excluding diaryl/α,β-unsaturated/α-hetero) is 2. The molecule has 0 spiro atoms. The van der Waals surface area contributed by atoms with Gasteiger partial charge in [-0.25, -0.2) is 66.3 Å². The molecule has 0 aromatic heterocycles. The molecular formula is C64H86F2N6O27. The van der Waals surface area contributed by atoms with Crippen LogP contribution < -0.4 is 0 Å². The fourth-order valence-corrected chi connectivity index (χ4v) is 9.07. The summed E-state index contributed by atoms with van der Waals surface area (Å²) in [4.78, 5) is 149. The molecule has 14 N–H and O–H groups in total. The number of likely N-dealkylation sites (N-methyl/N-ethyl adjacent to an activating group) is 2. The average molecular weight is 1410 g/mol. The van der Waals surface area contributed by atoms with Crippen LogP contribution in [0.3, 0.4) is 0 Å². The molecule has 0 radical (unpaired) electrons. The number of carboxylic acid groups (broad SMARTS) is 12. The van der Waals surface area contributed by atoms with E-state index in [1.54, 1.807) is 24.3 Å². The quantitative estimate of drug-likeness (QED) is 0.0447. The summed E-state index contributed by atoms with van der Waals surface area (Å²) in [7, 11) is 0. The molecule has 2 aliphatic heterocycles. The standard InChI is InChI=1S/2C26H36FN3O.6C2H2O4.H2O/c2*1-4-30(5-2)25(22-11-13-24(27)14-12-22)20-29-17-15-28(16-18-29)19-21(3)26(31)23-9-7-6-8-10-23;6*3-1(4)2(5)6;/h2*6-14,21,25H,4-5,15-20H2,1-3H3;6*(H,3,4)(H,5,6);1H2. The number of ketones is 2. The lowest BCUT2D eigenvalue weighted by molar-refractivity contribution is -0.159. The molecule has 2 aliphatic rings. The number of aliphatic carboxylic acids is 12. The zero-order valence-corrected chi connectivity index (χ0v) is 55.0. The number of halogens is 2. The van der Waals surface area contributed by atoms with Crippen LogP contribution in [0.1, 0.15) is 85.5 Å². The molecule has 6 rings (SSSR count). The molecule has 0 bridgehead atoms. The largest absolute Gasteiger partial charge is 0.473 e. The van der Waals surface area contributed by atoms with Gasteiger partial charge in [0.2, 0.25) is 0 Å². The number of rotatable bonds is 20. The Labute approximate surface area is 566 Å². The Balaban J connectivity index is -0.00000124. The SMILES string of the molecule is CCN(CC)C(CN1CCN(CC(C)C(=O)c2ccccc2)CC1)c1ccc(F)cc1.CCN(CC)C(CN1CCN(CC(C)C(=O)c2ccccc2)CC1)c1ccc(F)cc1.O.O=C(O)C(=O)O.O=C(O)C(=O)O.O=C(O)C(=O)O.O=C(O)C(=O)O.O=C(O)C(=O)O.O=C(O)C(=O)O. The van der Waals surface area contributed by atoms with Crippen LogP contribution in [0, 0.1) is 23.5 Å². The Morgan fingerprint density at radius 2 is 0.505 bits per heavy atom. The normalized spacial score (nSPS) is 13.7. The van der Waals surface area contributed by atoms with E-state index in [9.17, 15) is 18.4 Å². The summed E-state index contributed by atoms with van der Waals surface area (Å²) in [5.74, 6) is -21.8. The van der Waals surface area contributed by atoms with Crippen LogP contribution in [-0.4, -0.2) is 284 Å². The highest BCUT2D eigenvalue weighted by molar-refractivity contribution is 6.29. The van der Waals surface area contributed by atoms with Crippen LogP contribution in [0.4, 0.5) is 8.78 Å². The van der Waals surface area contributed by atoms with Gasteiger partial charge >= 0.3 is 71.6 Å². The zero-order chi connectivity index (χ0) is 75.4. The molecule has 0 saturated carbocycles. The molecule has 2 saturated heterocycles. The van der Waals surface area contributed by atoms with Gasteiger partial charge in [0.25, 0.3) is 0 Å². The molecule has 4 aromatic rings. The summed E-state index contributed by atoms with van der Waals surface area (Å²) >= 11 is 0. The van der Waals surface area contributed by atoms with E-state index in [0.717, 1.165) is 116 Å². The van der Waals surface area contributed by atoms with E-state index in [0.29, 0.717) is 0 Å². The van der Waals surface area contributed by atoms with Gasteiger partial charge in [-0.2, -0.15) is 0 Å². The van der Waals surface area contributed by atoms with Gasteiger partial charge in [-0.3, -0.25) is 29.2 Å². The number of piperazine rings is 2. The van der Waals surface area contributed by atoms with Gasteiger partial charge in [0, 0.05) is 114 Å². The highest BCUT2D eigenvalue weighted by Crippen LogP contribution is 2.25. The number of carbonyl (C=O) groups is 14. The Morgan fingerprint density at radius 1 is 0.323 bits per heavy atom. The lowest BCUT2D eigenvalue weighted by atomic mass is 9.98. The van der Waals surface area contributed by atoms with Crippen LogP contribution in [0.5, 0.6) is 0 Å². The molecule has 2 fully saturated rings. The number of carboxylic acids is 12. The van der Waals surface area contributed by atoms with Crippen LogP contribution in [0.2, 0.25) is 0 Å². The van der Waals surface area contributed by atoms with Crippen molar-refractivity contribution in [3.05, 3.63) is 143 Å². The zero-order valence-electron chi connectivity index (χ0n) is 55.0. The van der Waals surface area contributed by atoms with Crippen molar-refractivity contribution in [3.63, 3.8) is 0 Å². The van der Waals surface area contributed by atoms with E-state index in [2.05, 4.69) is 57.1 Å². The molecule has 99 heavy (non-hydrogen) atoms. The predicted molar refractivity (Wildman–Crippen MR) is 345 cm³/mol. The highest BCUT2D eigenvalue weighted by atomic mass is 19.1. The number of carbonyl (C=O) groups excluding carboxylic acids is 2. The van der Waals surface area contributed by atoms with Crippen LogP contribution >= 0.6 is 0 Å². The number of hydrogen-bond acceptors (Lipinski definition) is 20. The first-order valence-corrected chi connectivity index (χ1v) is 29.7. The summed E-state index contributed by atoms with van der Waals surface area (Å²) in [5.41, 5.74) is 3.95. The topological polar surface area (TPSA) is 533 Å². The summed E-state index contributed by atoms with van der Waals surface area (Å²) < 4.78 is 26.9. The Kier molecular flexibility index (Phi) is 47.5. The number of hydrogen-bond donors (Lipinski definition) is 12. The van der Waals surface area contributed by atoms with Gasteiger partial charge in [0.1, 0.15) is 11.6 Å². The van der Waals surface area contributed by atoms with E-state index >= 15 is 0 Å². The van der Waals surface area contributed by atoms with Gasteiger partial charge in [0.05, 0.1) is 0 Å². The van der Waals surface area contributed by atoms with Gasteiger partial charge in [0.15, 0.2) is 11.6 Å². The first-order chi connectivity index (χ1) is 45.9. The minimum atomic E-state index is -1.82. The molecule has 2 heterocycles. The van der Waals surface area contributed by atoms with Gasteiger partial charge in [-0.1, -0.05) is 126 Å². The van der Waals surface area contributed by atoms with E-state index in [4.69, 9.17) is 119 Å². The fraction of sp³-hybridized carbons (Fsp3) is 0.406. The van der Waals surface area contributed by atoms with Crippen molar-refractivity contribution in [2.45, 2.75) is 53.6 Å². The molecule has 33 nitrogen and oxygen atoms in total. The van der Waals surface area contributed by atoms with Gasteiger partial charge in [-0.15, -0.1) is 0 Å². The summed E-state index contributed by atoms with van der Waals surface area (Å²) in [6, 6.07) is 33.7. The minimum Gasteiger partial charge on any atom is -0.473 e. The first-order valence-electron chi connectivity index (χ1n) is 29.7. The maximum absolute atomic E-state index is 13.4. The Bertz CT molecular complexity index is 2780. The molecule has 35 heteroatoms. The maximum Gasteiger partial charge on any atom is 0.414 e. The monoisotopic (exact) mass is 1410 g/mol. The lowest BCUT2D eigenvalue weighted by Crippen LogP contribution is -2.50. The summed E-state index contributed by atoms with van der Waals surface area (Å²) in [5, 5.41) is 88.7. The molecule has 4 aromatic carbocycles. The third kappa shape index (κ3) is 40.6. The molecular weight excluding hydrogens is 1320 g/mol. The molecule has 0 amide bonds. The van der Waals surface area contributed by atoms with Crippen molar-refractivity contribution in [1.29, 1.82) is 0 Å². The average Bonchev–Trinajstić information content (AvgIpc) is 0.853. The second-order valence-electron chi connectivity index (χ2n) is 20.7. The van der Waals surface area contributed by atoms with E-state index in [-0.39, 0.29) is 52.6 Å². The van der Waals surface area contributed by atoms with Crippen molar-refractivity contribution in [1.82, 2.24) is 29.4 Å². The molecule has 4 atom stereocenters. The number of nitrogens with zero attached hydrogens (tertiary/aromatic N) is 6. The smallest absolute Gasteiger partial charge is 0.414 e. The molecule has 548 valence electrons. The third-order valence-corrected chi connectivity index (χ3v) is 14.0. The molecule has 0 aliphatic carbocycles. The third-order valence-electron chi connectivity index (χ3n) is 14.0. The van der Waals surface area contributed by atoms with E-state index in [1.807, 2.05) is 98.8 Å². The number of benzene rings is 4. The Morgan fingerprint density at radius 3 is 0.677 bits per heavy atom. The summed E-state index contributed by atoms with van der Waals surface area (Å²) in [6.45, 7) is 28.0. The highest BCUT2D eigenvalue weighted by Gasteiger charge is 2.29. The van der Waals surface area contributed by atoms with E-state index < -0.39 is 71.6 Å². The summed E-state index contributed by atoms with van der Waals surface area (Å²) in [6.07, 6.45) is 0. The second kappa shape index (κ2) is 50.8. The lowest BCUT2D eigenvalue weighted by Gasteiger charge is -2.39. The molecule has 4 unspecified atom stereocenters. The van der Waals surface area contributed by atoms with Crippen LogP contribution in [0.25, 0.3) is 0 Å². The van der Waals surface area contributed by atoms with Gasteiger partial charge < -0.3 is 76.6 Å². The van der Waals surface area contributed by atoms with Crippen molar-refractivity contribution in [3.8, 4) is 0 Å². The van der Waals surface area contributed by atoms with Crippen molar-refractivity contribution >= 4 is 83.2 Å². The van der Waals surface area contributed by atoms with Crippen LogP contribution in [-0.2, 0) is 57.5 Å². The van der Waals surface area contributed by atoms with Crippen LogP contribution in [0.15, 0.2) is 109 Å². The second-order valence-corrected chi connectivity index (χ2v) is 20.7. The van der Waals surface area contributed by atoms with E-state index in [1.165, 1.54) is 11.1 Å². The van der Waals surface area contributed by atoms with Crippen molar-refractivity contribution in [2.75, 3.05) is 105 Å². The predicted octanol–water partition coefficient (Wildman–Crippen LogP) is 2.80. The first kappa shape index (κ1) is 92.6. The maximum atomic E-state index is 13.4.